The predicted octanol–water partition coefficient (Wildman–Crippen LogP) is 2.88. The summed E-state index contributed by atoms with van der Waals surface area (Å²) in [7, 11) is 1.86. The van der Waals surface area contributed by atoms with Crippen molar-refractivity contribution in [1.29, 1.82) is 0 Å². The van der Waals surface area contributed by atoms with E-state index in [1.807, 2.05) is 27.8 Å². The number of aliphatic carboxylic acids is 1. The van der Waals surface area contributed by atoms with Crippen LogP contribution in [0.2, 0.25) is 0 Å². The largest absolute Gasteiger partial charge is 0.478 e. The van der Waals surface area contributed by atoms with Crippen molar-refractivity contribution >= 4 is 23.6 Å². The van der Waals surface area contributed by atoms with Crippen molar-refractivity contribution in [3.8, 4) is 0 Å². The minimum Gasteiger partial charge on any atom is -0.478 e. The maximum absolute atomic E-state index is 12.5. The second-order valence-electron chi connectivity index (χ2n) is 5.71. The van der Waals surface area contributed by atoms with E-state index >= 15 is 0 Å². The molecule has 126 valence electrons. The van der Waals surface area contributed by atoms with Crippen molar-refractivity contribution in [2.45, 2.75) is 26.7 Å². The smallest absolute Gasteiger partial charge is 0.328 e. The average Bonchev–Trinajstić information content (AvgIpc) is 2.78. The molecular formula is C18H21N3O3. The summed E-state index contributed by atoms with van der Waals surface area (Å²) in [6.45, 7) is 5.70. The normalized spacial score (nSPS) is 12.3. The van der Waals surface area contributed by atoms with Gasteiger partial charge in [-0.15, -0.1) is 0 Å². The standard InChI is InChI=1S/C18H21N3O3/c1-11(17-12(2)20-21(4)13(17)3)18(24)19-15-8-5-14(6-9-15)7-10-16(22)23/h5-11H,1-4H3,(H,19,24)(H,22,23)/b10-7+/t11-/m0/s1. The lowest BCUT2D eigenvalue weighted by Gasteiger charge is -2.13. The maximum atomic E-state index is 12.5. The van der Waals surface area contributed by atoms with Crippen LogP contribution in [0.15, 0.2) is 30.3 Å². The molecule has 6 heteroatoms. The molecule has 0 bridgehead atoms. The van der Waals surface area contributed by atoms with Gasteiger partial charge in [-0.05, 0) is 44.5 Å². The average molecular weight is 327 g/mol. The molecule has 2 aromatic rings. The van der Waals surface area contributed by atoms with E-state index in [1.54, 1.807) is 28.9 Å². The van der Waals surface area contributed by atoms with Gasteiger partial charge in [0.2, 0.25) is 5.91 Å². The zero-order valence-electron chi connectivity index (χ0n) is 14.2. The number of carbonyl (C=O) groups excluding carboxylic acids is 1. The highest BCUT2D eigenvalue weighted by Crippen LogP contribution is 2.24. The van der Waals surface area contributed by atoms with Gasteiger partial charge in [-0.2, -0.15) is 5.10 Å². The molecule has 0 radical (unpaired) electrons. The summed E-state index contributed by atoms with van der Waals surface area (Å²) >= 11 is 0. The number of hydrogen-bond donors (Lipinski definition) is 2. The van der Waals surface area contributed by atoms with Gasteiger partial charge in [0.15, 0.2) is 0 Å². The molecule has 2 rings (SSSR count). The molecule has 0 unspecified atom stereocenters. The van der Waals surface area contributed by atoms with Gasteiger partial charge >= 0.3 is 5.97 Å². The highest BCUT2D eigenvalue weighted by molar-refractivity contribution is 5.96. The van der Waals surface area contributed by atoms with Crippen LogP contribution < -0.4 is 5.32 Å². The third-order valence-electron chi connectivity index (χ3n) is 3.99. The number of carboxylic acid groups (broad SMARTS) is 1. The molecule has 24 heavy (non-hydrogen) atoms. The first-order chi connectivity index (χ1) is 11.3. The summed E-state index contributed by atoms with van der Waals surface area (Å²) in [5, 5.41) is 15.8. The molecule has 0 spiro atoms. The second-order valence-corrected chi connectivity index (χ2v) is 5.71. The summed E-state index contributed by atoms with van der Waals surface area (Å²) < 4.78 is 1.78. The van der Waals surface area contributed by atoms with E-state index in [0.29, 0.717) is 5.69 Å². The van der Waals surface area contributed by atoms with Crippen LogP contribution in [-0.2, 0) is 16.6 Å². The first-order valence-corrected chi connectivity index (χ1v) is 7.61. The lowest BCUT2D eigenvalue weighted by atomic mass is 9.98. The highest BCUT2D eigenvalue weighted by atomic mass is 16.4. The van der Waals surface area contributed by atoms with E-state index in [4.69, 9.17) is 5.11 Å². The topological polar surface area (TPSA) is 84.2 Å². The quantitative estimate of drug-likeness (QED) is 0.827. The molecule has 0 fully saturated rings. The third kappa shape index (κ3) is 3.90. The van der Waals surface area contributed by atoms with Gasteiger partial charge in [-0.3, -0.25) is 9.48 Å². The summed E-state index contributed by atoms with van der Waals surface area (Å²) in [4.78, 5) is 23.0. The molecule has 1 heterocycles. The molecule has 6 nitrogen and oxygen atoms in total. The molecule has 0 saturated carbocycles. The van der Waals surface area contributed by atoms with Crippen molar-refractivity contribution < 1.29 is 14.7 Å². The van der Waals surface area contributed by atoms with E-state index in [2.05, 4.69) is 10.4 Å². The number of aryl methyl sites for hydroxylation is 2. The van der Waals surface area contributed by atoms with E-state index < -0.39 is 5.97 Å². The molecule has 1 aromatic carbocycles. The zero-order valence-corrected chi connectivity index (χ0v) is 14.2. The van der Waals surface area contributed by atoms with Gasteiger partial charge in [-0.1, -0.05) is 12.1 Å². The Morgan fingerprint density at radius 2 is 1.88 bits per heavy atom. The molecule has 1 aromatic heterocycles. The third-order valence-corrected chi connectivity index (χ3v) is 3.99. The number of anilines is 1. The fourth-order valence-electron chi connectivity index (χ4n) is 2.64. The summed E-state index contributed by atoms with van der Waals surface area (Å²) in [6, 6.07) is 6.99. The van der Waals surface area contributed by atoms with Crippen molar-refractivity contribution in [3.63, 3.8) is 0 Å². The SMILES string of the molecule is Cc1nn(C)c(C)c1[C@H](C)C(=O)Nc1ccc(/C=C/C(=O)O)cc1. The number of benzene rings is 1. The molecule has 1 atom stereocenters. The number of rotatable bonds is 5. The number of carboxylic acids is 1. The molecule has 1 amide bonds. The van der Waals surface area contributed by atoms with Gasteiger partial charge in [0.1, 0.15) is 0 Å². The van der Waals surface area contributed by atoms with Gasteiger partial charge in [-0.25, -0.2) is 4.79 Å². The van der Waals surface area contributed by atoms with Crippen LogP contribution >= 0.6 is 0 Å². The zero-order chi connectivity index (χ0) is 17.9. The van der Waals surface area contributed by atoms with Crippen molar-refractivity contribution in [2.75, 3.05) is 5.32 Å². The molecule has 0 aliphatic rings. The molecule has 0 aliphatic carbocycles. The predicted molar refractivity (Wildman–Crippen MR) is 92.8 cm³/mol. The summed E-state index contributed by atoms with van der Waals surface area (Å²) in [5.41, 5.74) is 4.19. The minimum absolute atomic E-state index is 0.108. The van der Waals surface area contributed by atoms with Crippen molar-refractivity contribution in [2.24, 2.45) is 7.05 Å². The number of aromatic nitrogens is 2. The first-order valence-electron chi connectivity index (χ1n) is 7.61. The second kappa shape index (κ2) is 7.12. The van der Waals surface area contributed by atoms with Gasteiger partial charge in [0.05, 0.1) is 11.6 Å². The Morgan fingerprint density at radius 3 is 2.38 bits per heavy atom. The van der Waals surface area contributed by atoms with Gasteiger partial charge < -0.3 is 10.4 Å². The number of carbonyl (C=O) groups is 2. The van der Waals surface area contributed by atoms with Crippen LogP contribution in [0.5, 0.6) is 0 Å². The summed E-state index contributed by atoms with van der Waals surface area (Å²) in [5.74, 6) is -1.42. The Hall–Kier alpha value is -2.89. The minimum atomic E-state index is -0.997. The molecular weight excluding hydrogens is 306 g/mol. The first kappa shape index (κ1) is 17.5. The van der Waals surface area contributed by atoms with E-state index in [-0.39, 0.29) is 11.8 Å². The fourth-order valence-corrected chi connectivity index (χ4v) is 2.64. The molecule has 2 N–H and O–H groups in total. The van der Waals surface area contributed by atoms with E-state index in [9.17, 15) is 9.59 Å². The van der Waals surface area contributed by atoms with Crippen LogP contribution in [-0.4, -0.2) is 26.8 Å². The van der Waals surface area contributed by atoms with Gasteiger partial charge in [0, 0.05) is 30.1 Å². The van der Waals surface area contributed by atoms with E-state index in [1.165, 1.54) is 6.08 Å². The lowest BCUT2D eigenvalue weighted by Crippen LogP contribution is -2.19. The Kier molecular flexibility index (Phi) is 5.18. The van der Waals surface area contributed by atoms with Crippen LogP contribution in [0.3, 0.4) is 0 Å². The van der Waals surface area contributed by atoms with Crippen molar-refractivity contribution in [3.05, 3.63) is 52.9 Å². The lowest BCUT2D eigenvalue weighted by molar-refractivity contribution is -0.131. The van der Waals surface area contributed by atoms with Gasteiger partial charge in [0.25, 0.3) is 0 Å². The Labute approximate surface area is 140 Å². The fraction of sp³-hybridized carbons (Fsp3) is 0.278. The maximum Gasteiger partial charge on any atom is 0.328 e. The van der Waals surface area contributed by atoms with Crippen LogP contribution in [0.25, 0.3) is 6.08 Å². The Bertz CT molecular complexity index is 789. The number of nitrogens with zero attached hydrogens (tertiary/aromatic N) is 2. The van der Waals surface area contributed by atoms with Crippen LogP contribution in [0, 0.1) is 13.8 Å². The monoisotopic (exact) mass is 327 g/mol. The summed E-state index contributed by atoms with van der Waals surface area (Å²) in [6.07, 6.45) is 2.57. The molecule has 0 saturated heterocycles. The Morgan fingerprint density at radius 1 is 1.25 bits per heavy atom. The number of amides is 1. The molecule has 0 aliphatic heterocycles. The highest BCUT2D eigenvalue weighted by Gasteiger charge is 2.22. The van der Waals surface area contributed by atoms with Crippen LogP contribution in [0.4, 0.5) is 5.69 Å². The number of hydrogen-bond acceptors (Lipinski definition) is 3. The van der Waals surface area contributed by atoms with E-state index in [0.717, 1.165) is 28.6 Å². The Balaban J connectivity index is 2.10. The van der Waals surface area contributed by atoms with Crippen LogP contribution in [0.1, 0.15) is 35.4 Å². The van der Waals surface area contributed by atoms with Crippen molar-refractivity contribution in [1.82, 2.24) is 9.78 Å². The number of nitrogens with one attached hydrogen (secondary N) is 1.